The summed E-state index contributed by atoms with van der Waals surface area (Å²) < 4.78 is 6.01. The predicted octanol–water partition coefficient (Wildman–Crippen LogP) is 3.04. The molecule has 1 atom stereocenters. The highest BCUT2D eigenvalue weighted by molar-refractivity contribution is 5.21. The van der Waals surface area contributed by atoms with E-state index in [2.05, 4.69) is 22.9 Å². The zero-order valence-electron chi connectivity index (χ0n) is 11.8. The number of rotatable bonds is 4. The molecule has 0 bridgehead atoms. The first-order valence-electron chi connectivity index (χ1n) is 7.14. The molecule has 3 nitrogen and oxygen atoms in total. The Morgan fingerprint density at radius 1 is 1.25 bits per heavy atom. The number of ether oxygens (including phenoxy) is 1. The minimum Gasteiger partial charge on any atom is -0.489 e. The quantitative estimate of drug-likeness (QED) is 0.852. The summed E-state index contributed by atoms with van der Waals surface area (Å²) in [6, 6.07) is 12.3. The summed E-state index contributed by atoms with van der Waals surface area (Å²) >= 11 is 0. The van der Waals surface area contributed by atoms with Gasteiger partial charge in [0.2, 0.25) is 0 Å². The smallest absolute Gasteiger partial charge is 0.119 e. The first-order chi connectivity index (χ1) is 9.79. The molecule has 1 aliphatic rings. The number of benzene rings is 1. The fraction of sp³-hybridized carbons (Fsp3) is 0.353. The van der Waals surface area contributed by atoms with Crippen LogP contribution in [0.2, 0.25) is 0 Å². The van der Waals surface area contributed by atoms with Gasteiger partial charge in [0.25, 0.3) is 0 Å². The summed E-state index contributed by atoms with van der Waals surface area (Å²) in [4.78, 5) is 6.69. The number of hydrogen-bond acceptors (Lipinski definition) is 3. The third-order valence-electron chi connectivity index (χ3n) is 3.61. The molecule has 104 valence electrons. The lowest BCUT2D eigenvalue weighted by Crippen LogP contribution is -2.24. The molecule has 0 spiro atoms. The van der Waals surface area contributed by atoms with Gasteiger partial charge < -0.3 is 4.74 Å². The van der Waals surface area contributed by atoms with Crippen LogP contribution in [0.3, 0.4) is 0 Å². The number of likely N-dealkylation sites (tertiary alicyclic amines) is 1. The summed E-state index contributed by atoms with van der Waals surface area (Å²) in [6.07, 6.45) is 5.25. The normalized spacial score (nSPS) is 19.1. The SMILES string of the molecule is Cc1cncc(CN2CCC(Oc3ccccc3)C2)c1. The maximum Gasteiger partial charge on any atom is 0.119 e. The topological polar surface area (TPSA) is 25.4 Å². The molecule has 2 aromatic rings. The molecular weight excluding hydrogens is 248 g/mol. The van der Waals surface area contributed by atoms with Crippen LogP contribution in [0, 0.1) is 6.92 Å². The molecule has 1 aliphatic heterocycles. The first kappa shape index (κ1) is 13.1. The second-order valence-corrected chi connectivity index (χ2v) is 5.45. The van der Waals surface area contributed by atoms with E-state index in [-0.39, 0.29) is 0 Å². The van der Waals surface area contributed by atoms with Gasteiger partial charge in [0.1, 0.15) is 11.9 Å². The Bertz CT molecular complexity index is 556. The van der Waals surface area contributed by atoms with Crippen LogP contribution < -0.4 is 4.74 Å². The summed E-state index contributed by atoms with van der Waals surface area (Å²) in [5.74, 6) is 0.969. The summed E-state index contributed by atoms with van der Waals surface area (Å²) in [7, 11) is 0. The van der Waals surface area contributed by atoms with E-state index in [4.69, 9.17) is 4.74 Å². The van der Waals surface area contributed by atoms with Gasteiger partial charge in [-0.2, -0.15) is 0 Å². The first-order valence-corrected chi connectivity index (χ1v) is 7.14. The highest BCUT2D eigenvalue weighted by Gasteiger charge is 2.23. The van der Waals surface area contributed by atoms with Gasteiger partial charge in [0.15, 0.2) is 0 Å². The third-order valence-corrected chi connectivity index (χ3v) is 3.61. The van der Waals surface area contributed by atoms with Crippen molar-refractivity contribution in [3.05, 3.63) is 59.9 Å². The Hall–Kier alpha value is -1.87. The van der Waals surface area contributed by atoms with Gasteiger partial charge in [-0.3, -0.25) is 9.88 Å². The van der Waals surface area contributed by atoms with Crippen molar-refractivity contribution >= 4 is 0 Å². The summed E-state index contributed by atoms with van der Waals surface area (Å²) in [5, 5.41) is 0. The largest absolute Gasteiger partial charge is 0.489 e. The summed E-state index contributed by atoms with van der Waals surface area (Å²) in [5.41, 5.74) is 2.50. The molecule has 3 heteroatoms. The molecule has 0 radical (unpaired) electrons. The van der Waals surface area contributed by atoms with Crippen molar-refractivity contribution in [3.63, 3.8) is 0 Å². The van der Waals surface area contributed by atoms with Crippen LogP contribution >= 0.6 is 0 Å². The van der Waals surface area contributed by atoms with Crippen LogP contribution in [-0.2, 0) is 6.54 Å². The van der Waals surface area contributed by atoms with E-state index in [9.17, 15) is 0 Å². The molecule has 1 aromatic heterocycles. The van der Waals surface area contributed by atoms with Crippen LogP contribution in [-0.4, -0.2) is 29.1 Å². The molecule has 1 saturated heterocycles. The van der Waals surface area contributed by atoms with E-state index in [1.54, 1.807) is 0 Å². The standard InChI is InChI=1S/C17H20N2O/c1-14-9-15(11-18-10-14)12-19-8-7-17(13-19)20-16-5-3-2-4-6-16/h2-6,9-11,17H,7-8,12-13H2,1H3. The van der Waals surface area contributed by atoms with Crippen LogP contribution in [0.1, 0.15) is 17.5 Å². The van der Waals surface area contributed by atoms with Crippen molar-refractivity contribution in [1.82, 2.24) is 9.88 Å². The Kier molecular flexibility index (Phi) is 3.97. The molecule has 0 saturated carbocycles. The lowest BCUT2D eigenvalue weighted by Gasteiger charge is -2.17. The van der Waals surface area contributed by atoms with Gasteiger partial charge in [-0.15, -0.1) is 0 Å². The van der Waals surface area contributed by atoms with Crippen LogP contribution in [0.25, 0.3) is 0 Å². The number of pyridine rings is 1. The minimum absolute atomic E-state index is 0.301. The van der Waals surface area contributed by atoms with E-state index >= 15 is 0 Å². The molecule has 20 heavy (non-hydrogen) atoms. The number of para-hydroxylation sites is 1. The molecule has 1 aromatic carbocycles. The lowest BCUT2D eigenvalue weighted by molar-refractivity contribution is 0.198. The average Bonchev–Trinajstić information content (AvgIpc) is 2.87. The van der Waals surface area contributed by atoms with Crippen molar-refractivity contribution < 1.29 is 4.74 Å². The highest BCUT2D eigenvalue weighted by Crippen LogP contribution is 2.19. The maximum atomic E-state index is 6.01. The van der Waals surface area contributed by atoms with Gasteiger partial charge >= 0.3 is 0 Å². The monoisotopic (exact) mass is 268 g/mol. The second kappa shape index (κ2) is 6.06. The van der Waals surface area contributed by atoms with Crippen molar-refractivity contribution in [2.75, 3.05) is 13.1 Å². The van der Waals surface area contributed by atoms with Crippen LogP contribution in [0.5, 0.6) is 5.75 Å². The maximum absolute atomic E-state index is 6.01. The average molecular weight is 268 g/mol. The van der Waals surface area contributed by atoms with Crippen molar-refractivity contribution in [3.8, 4) is 5.75 Å². The highest BCUT2D eigenvalue weighted by atomic mass is 16.5. The van der Waals surface area contributed by atoms with Gasteiger partial charge in [-0.1, -0.05) is 24.3 Å². The van der Waals surface area contributed by atoms with E-state index in [1.807, 2.05) is 42.7 Å². The van der Waals surface area contributed by atoms with Gasteiger partial charge in [-0.25, -0.2) is 0 Å². The van der Waals surface area contributed by atoms with E-state index < -0.39 is 0 Å². The van der Waals surface area contributed by atoms with Gasteiger partial charge in [0.05, 0.1) is 0 Å². The molecule has 0 aliphatic carbocycles. The lowest BCUT2D eigenvalue weighted by atomic mass is 10.2. The zero-order valence-corrected chi connectivity index (χ0v) is 11.8. The van der Waals surface area contributed by atoms with Crippen LogP contribution in [0.4, 0.5) is 0 Å². The number of aromatic nitrogens is 1. The molecule has 0 amide bonds. The number of hydrogen-bond donors (Lipinski definition) is 0. The van der Waals surface area contributed by atoms with E-state index in [0.29, 0.717) is 6.10 Å². The Balaban J connectivity index is 1.54. The van der Waals surface area contributed by atoms with Crippen molar-refractivity contribution in [2.45, 2.75) is 26.0 Å². The van der Waals surface area contributed by atoms with Crippen LogP contribution in [0.15, 0.2) is 48.8 Å². The molecule has 1 unspecified atom stereocenters. The van der Waals surface area contributed by atoms with E-state index in [0.717, 1.165) is 31.8 Å². The van der Waals surface area contributed by atoms with Gasteiger partial charge in [-0.05, 0) is 36.6 Å². The van der Waals surface area contributed by atoms with Gasteiger partial charge in [0, 0.05) is 32.0 Å². The summed E-state index contributed by atoms with van der Waals surface area (Å²) in [6.45, 7) is 5.12. The molecule has 3 rings (SSSR count). The molecule has 1 fully saturated rings. The fourth-order valence-corrected chi connectivity index (χ4v) is 2.69. The molecule has 0 N–H and O–H groups in total. The number of nitrogens with zero attached hydrogens (tertiary/aromatic N) is 2. The Morgan fingerprint density at radius 3 is 2.90 bits per heavy atom. The zero-order chi connectivity index (χ0) is 13.8. The molecular formula is C17H20N2O. The van der Waals surface area contributed by atoms with Crippen molar-refractivity contribution in [2.24, 2.45) is 0 Å². The predicted molar refractivity (Wildman–Crippen MR) is 79.7 cm³/mol. The molecule has 2 heterocycles. The number of aryl methyl sites for hydroxylation is 1. The Morgan fingerprint density at radius 2 is 2.10 bits per heavy atom. The minimum atomic E-state index is 0.301. The second-order valence-electron chi connectivity index (χ2n) is 5.45. The fourth-order valence-electron chi connectivity index (χ4n) is 2.69. The van der Waals surface area contributed by atoms with Crippen molar-refractivity contribution in [1.29, 1.82) is 0 Å². The Labute approximate surface area is 120 Å². The third kappa shape index (κ3) is 3.36. The van der Waals surface area contributed by atoms with E-state index in [1.165, 1.54) is 11.1 Å².